The van der Waals surface area contributed by atoms with Gasteiger partial charge in [0.2, 0.25) is 0 Å². The van der Waals surface area contributed by atoms with E-state index in [9.17, 15) is 4.79 Å². The summed E-state index contributed by atoms with van der Waals surface area (Å²) in [6.07, 6.45) is 1.83. The molecule has 0 aromatic carbocycles. The number of furan rings is 1. The molecule has 1 aliphatic heterocycles. The summed E-state index contributed by atoms with van der Waals surface area (Å²) < 4.78 is 5.97. The third-order valence-electron chi connectivity index (χ3n) is 4.48. The molecule has 0 radical (unpaired) electrons. The van der Waals surface area contributed by atoms with E-state index in [4.69, 9.17) is 10.2 Å². The molecule has 6 nitrogen and oxygen atoms in total. The lowest BCUT2D eigenvalue weighted by atomic mass is 10.3. The van der Waals surface area contributed by atoms with Crippen LogP contribution in [0.3, 0.4) is 0 Å². The van der Waals surface area contributed by atoms with Crippen molar-refractivity contribution in [3.05, 3.63) is 59.3 Å². The molecule has 3 aromatic heterocycles. The second-order valence-electron chi connectivity index (χ2n) is 6.25. The standard InChI is InChI=1S/C19H20N4O2S/c20-19(24)17-7-6-16(26-17)15-5-4-14(25-15)13-22-9-11-23(12-10-22)18-3-1-2-8-21-18/h1-8H,9-13H2,(H2,20,24). The molecule has 0 bridgehead atoms. The number of hydrogen-bond acceptors (Lipinski definition) is 6. The van der Waals surface area contributed by atoms with E-state index < -0.39 is 5.91 Å². The van der Waals surface area contributed by atoms with Crippen molar-refractivity contribution in [2.45, 2.75) is 6.54 Å². The van der Waals surface area contributed by atoms with E-state index in [2.05, 4.69) is 20.9 Å². The van der Waals surface area contributed by atoms with Gasteiger partial charge in [0.25, 0.3) is 5.91 Å². The zero-order valence-corrected chi connectivity index (χ0v) is 15.1. The van der Waals surface area contributed by atoms with Crippen molar-refractivity contribution >= 4 is 23.1 Å². The van der Waals surface area contributed by atoms with Crippen molar-refractivity contribution < 1.29 is 9.21 Å². The predicted molar refractivity (Wildman–Crippen MR) is 102 cm³/mol. The summed E-state index contributed by atoms with van der Waals surface area (Å²) in [6, 6.07) is 13.6. The van der Waals surface area contributed by atoms with E-state index >= 15 is 0 Å². The summed E-state index contributed by atoms with van der Waals surface area (Å²) in [5.74, 6) is 2.35. The van der Waals surface area contributed by atoms with E-state index in [1.807, 2.05) is 36.5 Å². The maximum Gasteiger partial charge on any atom is 0.258 e. The fraction of sp³-hybridized carbons (Fsp3) is 0.263. The maximum atomic E-state index is 11.2. The molecule has 3 aromatic rings. The van der Waals surface area contributed by atoms with Crippen LogP contribution in [0.4, 0.5) is 5.82 Å². The maximum absolute atomic E-state index is 11.2. The molecule has 0 unspecified atom stereocenters. The summed E-state index contributed by atoms with van der Waals surface area (Å²) in [5, 5.41) is 0. The number of carbonyl (C=O) groups is 1. The van der Waals surface area contributed by atoms with Crippen LogP contribution in [0.5, 0.6) is 0 Å². The summed E-state index contributed by atoms with van der Waals surface area (Å²) in [5.41, 5.74) is 5.31. The Balaban J connectivity index is 1.35. The molecular weight excluding hydrogens is 348 g/mol. The average Bonchev–Trinajstić information content (AvgIpc) is 3.32. The number of aromatic nitrogens is 1. The van der Waals surface area contributed by atoms with Gasteiger partial charge in [-0.05, 0) is 36.4 Å². The lowest BCUT2D eigenvalue weighted by Crippen LogP contribution is -2.46. The molecule has 1 fully saturated rings. The lowest BCUT2D eigenvalue weighted by Gasteiger charge is -2.34. The number of thiophene rings is 1. The molecule has 0 aliphatic carbocycles. The van der Waals surface area contributed by atoms with E-state index in [-0.39, 0.29) is 0 Å². The molecule has 7 heteroatoms. The molecule has 0 saturated carbocycles. The van der Waals surface area contributed by atoms with Gasteiger partial charge in [-0.3, -0.25) is 9.69 Å². The first kappa shape index (κ1) is 16.8. The highest BCUT2D eigenvalue weighted by molar-refractivity contribution is 7.17. The molecular formula is C19H20N4O2S. The van der Waals surface area contributed by atoms with Gasteiger partial charge in [-0.2, -0.15) is 0 Å². The second kappa shape index (κ2) is 7.31. The Morgan fingerprint density at radius 2 is 1.96 bits per heavy atom. The average molecular weight is 368 g/mol. The summed E-state index contributed by atoms with van der Waals surface area (Å²) >= 11 is 1.36. The lowest BCUT2D eigenvalue weighted by molar-refractivity contribution is 0.100. The fourth-order valence-electron chi connectivity index (χ4n) is 3.09. The van der Waals surface area contributed by atoms with Crippen LogP contribution in [-0.2, 0) is 6.54 Å². The van der Waals surface area contributed by atoms with Crippen LogP contribution in [0.2, 0.25) is 0 Å². The summed E-state index contributed by atoms with van der Waals surface area (Å²) in [7, 11) is 0. The Kier molecular flexibility index (Phi) is 4.73. The zero-order chi connectivity index (χ0) is 17.9. The smallest absolute Gasteiger partial charge is 0.258 e. The third kappa shape index (κ3) is 3.63. The molecule has 0 atom stereocenters. The first-order valence-corrected chi connectivity index (χ1v) is 9.38. The Hall–Kier alpha value is -2.64. The van der Waals surface area contributed by atoms with Gasteiger partial charge in [-0.25, -0.2) is 4.98 Å². The number of pyridine rings is 1. The second-order valence-corrected chi connectivity index (χ2v) is 7.33. The van der Waals surface area contributed by atoms with Crippen LogP contribution < -0.4 is 10.6 Å². The van der Waals surface area contributed by atoms with E-state index in [0.29, 0.717) is 4.88 Å². The normalized spacial score (nSPS) is 15.3. The Labute approximate surface area is 155 Å². The van der Waals surface area contributed by atoms with Gasteiger partial charge in [0, 0.05) is 32.4 Å². The largest absolute Gasteiger partial charge is 0.459 e. The van der Waals surface area contributed by atoms with Crippen LogP contribution in [0.1, 0.15) is 15.4 Å². The van der Waals surface area contributed by atoms with Crippen molar-refractivity contribution in [3.63, 3.8) is 0 Å². The van der Waals surface area contributed by atoms with Crippen molar-refractivity contribution in [1.29, 1.82) is 0 Å². The van der Waals surface area contributed by atoms with Crippen LogP contribution in [0.25, 0.3) is 10.6 Å². The van der Waals surface area contributed by atoms with Gasteiger partial charge >= 0.3 is 0 Å². The Bertz CT molecular complexity index is 882. The minimum Gasteiger partial charge on any atom is -0.459 e. The number of piperazine rings is 1. The number of primary amides is 1. The monoisotopic (exact) mass is 368 g/mol. The molecule has 1 aliphatic rings. The molecule has 4 heterocycles. The number of hydrogen-bond donors (Lipinski definition) is 1. The minimum atomic E-state index is -0.404. The zero-order valence-electron chi connectivity index (χ0n) is 14.3. The fourth-order valence-corrected chi connectivity index (χ4v) is 3.91. The van der Waals surface area contributed by atoms with Gasteiger partial charge < -0.3 is 15.1 Å². The quantitative estimate of drug-likeness (QED) is 0.749. The molecule has 4 rings (SSSR count). The number of nitrogens with two attached hydrogens (primary N) is 1. The Morgan fingerprint density at radius 3 is 2.65 bits per heavy atom. The van der Waals surface area contributed by atoms with Crippen LogP contribution in [0, 0.1) is 0 Å². The van der Waals surface area contributed by atoms with Gasteiger partial charge in [0.15, 0.2) is 0 Å². The number of rotatable bonds is 5. The predicted octanol–water partition coefficient (Wildman–Crippen LogP) is 2.82. The highest BCUT2D eigenvalue weighted by atomic mass is 32.1. The van der Waals surface area contributed by atoms with Gasteiger partial charge in [-0.1, -0.05) is 6.07 Å². The number of carbonyl (C=O) groups excluding carboxylic acids is 1. The van der Waals surface area contributed by atoms with Gasteiger partial charge in [-0.15, -0.1) is 11.3 Å². The highest BCUT2D eigenvalue weighted by Crippen LogP contribution is 2.30. The molecule has 1 amide bonds. The molecule has 26 heavy (non-hydrogen) atoms. The highest BCUT2D eigenvalue weighted by Gasteiger charge is 2.19. The van der Waals surface area contributed by atoms with Crippen molar-refractivity contribution in [2.75, 3.05) is 31.1 Å². The van der Waals surface area contributed by atoms with Crippen LogP contribution in [-0.4, -0.2) is 42.0 Å². The number of nitrogens with zero attached hydrogens (tertiary/aromatic N) is 3. The SMILES string of the molecule is NC(=O)c1ccc(-c2ccc(CN3CCN(c4ccccn4)CC3)o2)s1. The van der Waals surface area contributed by atoms with Crippen molar-refractivity contribution in [2.24, 2.45) is 5.73 Å². The first-order valence-electron chi connectivity index (χ1n) is 8.56. The number of anilines is 1. The molecule has 0 spiro atoms. The summed E-state index contributed by atoms with van der Waals surface area (Å²) in [4.78, 5) is 21.8. The van der Waals surface area contributed by atoms with Crippen LogP contribution in [0.15, 0.2) is 53.1 Å². The van der Waals surface area contributed by atoms with Gasteiger partial charge in [0.1, 0.15) is 17.3 Å². The van der Waals surface area contributed by atoms with Crippen molar-refractivity contribution in [1.82, 2.24) is 9.88 Å². The first-order chi connectivity index (χ1) is 12.7. The molecule has 134 valence electrons. The Morgan fingerprint density at radius 1 is 1.12 bits per heavy atom. The van der Waals surface area contributed by atoms with E-state index in [1.165, 1.54) is 11.3 Å². The minimum absolute atomic E-state index is 0.404. The summed E-state index contributed by atoms with van der Waals surface area (Å²) in [6.45, 7) is 4.63. The van der Waals surface area contributed by atoms with E-state index in [0.717, 1.165) is 54.9 Å². The third-order valence-corrected chi connectivity index (χ3v) is 5.59. The van der Waals surface area contributed by atoms with Gasteiger partial charge in [0.05, 0.1) is 16.3 Å². The van der Waals surface area contributed by atoms with Crippen LogP contribution >= 0.6 is 11.3 Å². The topological polar surface area (TPSA) is 75.6 Å². The molecule has 2 N–H and O–H groups in total. The molecule has 1 saturated heterocycles. The van der Waals surface area contributed by atoms with E-state index in [1.54, 1.807) is 6.07 Å². The van der Waals surface area contributed by atoms with Crippen molar-refractivity contribution in [3.8, 4) is 10.6 Å². The number of amides is 1.